The topological polar surface area (TPSA) is 160 Å². The van der Waals surface area contributed by atoms with Crippen molar-refractivity contribution in [1.29, 1.82) is 0 Å². The lowest BCUT2D eigenvalue weighted by Gasteiger charge is -2.36. The first-order valence-corrected chi connectivity index (χ1v) is 24.2. The third-order valence-electron chi connectivity index (χ3n) is 12.6. The number of rotatable bonds is 14. The molecule has 2 N–H and O–H groups in total. The number of likely N-dealkylation sites (N-methyl/N-ethyl adjacent to an activating group) is 1. The lowest BCUT2D eigenvalue weighted by atomic mass is 9.84. The molecular weight excluding hydrogens is 865 g/mol. The molecule has 2 aliphatic rings. The van der Waals surface area contributed by atoms with E-state index in [1.165, 1.54) is 14.8 Å². The Kier molecular flexibility index (Phi) is 16.2. The number of hydrogen-bond acceptors (Lipinski definition) is 11. The third-order valence-corrected chi connectivity index (χ3v) is 13.5. The number of esters is 1. The predicted octanol–water partition coefficient (Wildman–Crippen LogP) is 7.54. The number of hydrazine groups is 1. The zero-order valence-corrected chi connectivity index (χ0v) is 40.7. The number of nitrogens with one attached hydrogen (secondary N) is 2. The van der Waals surface area contributed by atoms with Gasteiger partial charge in [-0.15, -0.1) is 11.3 Å². The highest BCUT2D eigenvalue weighted by molar-refractivity contribution is 7.09. The number of nitrogens with zero attached hydrogens (tertiary/aromatic N) is 6. The normalized spacial score (nSPS) is 17.9. The van der Waals surface area contributed by atoms with Gasteiger partial charge < -0.3 is 24.3 Å². The highest BCUT2D eigenvalue weighted by atomic mass is 32.1. The Bertz CT molecular complexity index is 2620. The molecular formula is C52H64N8O6S. The Labute approximate surface area is 397 Å². The second-order valence-electron chi connectivity index (χ2n) is 18.6. The molecule has 0 radical (unpaired) electrons. The van der Waals surface area contributed by atoms with Gasteiger partial charge >= 0.3 is 5.97 Å². The van der Waals surface area contributed by atoms with Crippen LogP contribution in [0.15, 0.2) is 88.4 Å². The van der Waals surface area contributed by atoms with Crippen LogP contribution in [0, 0.1) is 11.3 Å². The molecule has 0 saturated carbocycles. The highest BCUT2D eigenvalue weighted by Gasteiger charge is 2.37. The van der Waals surface area contributed by atoms with Gasteiger partial charge in [0.15, 0.2) is 0 Å². The lowest BCUT2D eigenvalue weighted by molar-refractivity contribution is -0.155. The summed E-state index contributed by atoms with van der Waals surface area (Å²) in [6, 6.07) is 20.7. The van der Waals surface area contributed by atoms with Crippen molar-refractivity contribution in [2.75, 3.05) is 40.4 Å². The summed E-state index contributed by atoms with van der Waals surface area (Å²) in [7, 11) is 3.30. The molecule has 5 heterocycles. The molecule has 354 valence electrons. The fourth-order valence-corrected chi connectivity index (χ4v) is 9.99. The first kappa shape index (κ1) is 48.9. The summed E-state index contributed by atoms with van der Waals surface area (Å²) in [5.41, 5.74) is 10.7. The van der Waals surface area contributed by atoms with E-state index in [0.717, 1.165) is 56.4 Å². The average Bonchev–Trinajstić information content (AvgIpc) is 3.95. The molecule has 1 fully saturated rings. The van der Waals surface area contributed by atoms with E-state index in [0.29, 0.717) is 45.5 Å². The number of amides is 3. The maximum Gasteiger partial charge on any atom is 0.324 e. The molecule has 1 unspecified atom stereocenters. The number of hydrogen-bond donors (Lipinski definition) is 2. The number of ether oxygens (including phenoxy) is 2. The van der Waals surface area contributed by atoms with E-state index in [-0.39, 0.29) is 43.7 Å². The first-order valence-electron chi connectivity index (χ1n) is 23.4. The maximum atomic E-state index is 14.7. The molecule has 2 aromatic carbocycles. The first-order chi connectivity index (χ1) is 32.3. The number of thiophene rings is 1. The van der Waals surface area contributed by atoms with Gasteiger partial charge in [0, 0.05) is 85.7 Å². The Morgan fingerprint density at radius 2 is 1.90 bits per heavy atom. The van der Waals surface area contributed by atoms with Crippen molar-refractivity contribution >= 4 is 51.9 Å². The number of aryl methyl sites for hydroxylation is 1. The van der Waals surface area contributed by atoms with E-state index < -0.39 is 35.4 Å². The van der Waals surface area contributed by atoms with E-state index in [4.69, 9.17) is 9.47 Å². The molecule has 7 rings (SSSR count). The van der Waals surface area contributed by atoms with Crippen molar-refractivity contribution < 1.29 is 28.7 Å². The van der Waals surface area contributed by atoms with Gasteiger partial charge in [0.1, 0.15) is 18.1 Å². The number of benzene rings is 2. The molecule has 0 spiro atoms. The van der Waals surface area contributed by atoms with Crippen LogP contribution in [0.4, 0.5) is 0 Å². The van der Waals surface area contributed by atoms with Gasteiger partial charge in [-0.05, 0) is 89.6 Å². The second-order valence-corrected chi connectivity index (χ2v) is 19.7. The molecule has 15 heteroatoms. The van der Waals surface area contributed by atoms with Crippen LogP contribution in [0.1, 0.15) is 75.4 Å². The van der Waals surface area contributed by atoms with Crippen LogP contribution >= 0.6 is 11.3 Å². The minimum absolute atomic E-state index is 0.0675. The number of aliphatic imine (C=N–C) groups is 2. The van der Waals surface area contributed by atoms with Crippen molar-refractivity contribution in [2.24, 2.45) is 21.3 Å². The van der Waals surface area contributed by atoms with Crippen molar-refractivity contribution in [1.82, 2.24) is 30.2 Å². The van der Waals surface area contributed by atoms with Gasteiger partial charge in [-0.1, -0.05) is 64.1 Å². The summed E-state index contributed by atoms with van der Waals surface area (Å²) in [4.78, 5) is 72.1. The number of methoxy groups -OCH3 is 1. The van der Waals surface area contributed by atoms with Crippen LogP contribution in [0.5, 0.6) is 0 Å². The van der Waals surface area contributed by atoms with Crippen LogP contribution in [-0.2, 0) is 61.1 Å². The maximum absolute atomic E-state index is 14.7. The standard InChI is InChI=1S/C52H64N8O6S/c1-8-59-45-17-16-37-28-40(45)41(48(59)42-30-53-21-18-38(42)31-65-7)29-52(4,5)32-66-51(64)43-15-10-24-60(57-43)50(63)44(27-35-12-9-13-36(37)26-35)56-49(62)47(34(2)3)58(6)46(61)20-23-55-33-54-22-19-39-14-11-25-67-39/h9,11-14,16-18,21,25-26,28,30,34,43-44,47,57H,8,10,15,19-20,22-24,27,29,31-32H2,1-7H3,(H,56,62)/t43-,44-,47?/m0/s1. The van der Waals surface area contributed by atoms with Crippen LogP contribution in [-0.4, -0.2) is 108 Å². The van der Waals surface area contributed by atoms with E-state index in [1.807, 2.05) is 49.7 Å². The number of aromatic nitrogens is 2. The van der Waals surface area contributed by atoms with Gasteiger partial charge in [-0.25, -0.2) is 15.4 Å². The number of carbonyl (C=O) groups is 4. The summed E-state index contributed by atoms with van der Waals surface area (Å²) in [6.45, 7) is 12.5. The van der Waals surface area contributed by atoms with Gasteiger partial charge in [0.05, 0.1) is 38.0 Å². The molecule has 3 aromatic heterocycles. The molecule has 0 aliphatic carbocycles. The fourth-order valence-electron chi connectivity index (χ4n) is 9.29. The number of fused-ring (bicyclic) bond motifs is 6. The highest BCUT2D eigenvalue weighted by Crippen LogP contribution is 2.41. The lowest BCUT2D eigenvalue weighted by Crippen LogP contribution is -2.62. The van der Waals surface area contributed by atoms with Gasteiger partial charge in [0.25, 0.3) is 5.91 Å². The molecule has 1 saturated heterocycles. The summed E-state index contributed by atoms with van der Waals surface area (Å²) in [5.74, 6) is -1.82. The van der Waals surface area contributed by atoms with Crippen LogP contribution in [0.25, 0.3) is 33.3 Å². The van der Waals surface area contributed by atoms with Crippen molar-refractivity contribution in [3.63, 3.8) is 0 Å². The molecule has 67 heavy (non-hydrogen) atoms. The quantitative estimate of drug-likeness (QED) is 0.0854. The molecule has 5 aromatic rings. The Balaban J connectivity index is 1.21. The number of pyridine rings is 1. The number of carbonyl (C=O) groups excluding carboxylic acids is 4. The summed E-state index contributed by atoms with van der Waals surface area (Å²) >= 11 is 1.68. The Morgan fingerprint density at radius 3 is 2.66 bits per heavy atom. The smallest absolute Gasteiger partial charge is 0.324 e. The van der Waals surface area contributed by atoms with Crippen LogP contribution < -0.4 is 10.7 Å². The van der Waals surface area contributed by atoms with E-state index >= 15 is 0 Å². The van der Waals surface area contributed by atoms with Gasteiger partial charge in [-0.3, -0.25) is 29.2 Å². The third kappa shape index (κ3) is 11.8. The largest absolute Gasteiger partial charge is 0.464 e. The molecule has 3 atom stereocenters. The molecule has 3 amide bonds. The van der Waals surface area contributed by atoms with Crippen LogP contribution in [0.3, 0.4) is 0 Å². The number of cyclic esters (lactones) is 1. The zero-order chi connectivity index (χ0) is 47.7. The summed E-state index contributed by atoms with van der Waals surface area (Å²) < 4.78 is 14.1. The molecule has 2 aliphatic heterocycles. The monoisotopic (exact) mass is 928 g/mol. The minimum atomic E-state index is -1.03. The molecule has 6 bridgehead atoms. The van der Waals surface area contributed by atoms with Crippen molar-refractivity contribution in [2.45, 2.75) is 104 Å². The van der Waals surface area contributed by atoms with E-state index in [2.05, 4.69) is 93.5 Å². The van der Waals surface area contributed by atoms with Gasteiger partial charge in [0.2, 0.25) is 11.8 Å². The SMILES string of the molecule is CCn1c(-c2cnccc2COC)c2c3cc(ccc31)-c1cccc(c1)C[C@H](NC(=O)C(C(C)C)N(C)C(=O)CCN=C=NCCc1cccs1)C(=O)N1CCC[C@H](N1)C(=O)OCC(C)(C)C2. The zero-order valence-electron chi connectivity index (χ0n) is 39.8. The Morgan fingerprint density at radius 1 is 1.09 bits per heavy atom. The van der Waals surface area contributed by atoms with Crippen molar-refractivity contribution in [3.05, 3.63) is 100 Å². The molecule has 14 nitrogen and oxygen atoms in total. The van der Waals surface area contributed by atoms with Crippen LogP contribution in [0.2, 0.25) is 0 Å². The van der Waals surface area contributed by atoms with Gasteiger partial charge in [-0.2, -0.15) is 0 Å². The predicted molar refractivity (Wildman–Crippen MR) is 263 cm³/mol. The second kappa shape index (κ2) is 22.2. The van der Waals surface area contributed by atoms with E-state index in [1.54, 1.807) is 31.7 Å². The summed E-state index contributed by atoms with van der Waals surface area (Å²) in [5, 5.41) is 7.62. The average molecular weight is 929 g/mol. The van der Waals surface area contributed by atoms with E-state index in [9.17, 15) is 19.2 Å². The van der Waals surface area contributed by atoms with Crippen molar-refractivity contribution in [3.8, 4) is 22.4 Å². The fraction of sp³-hybridized carbons (Fsp3) is 0.462. The summed E-state index contributed by atoms with van der Waals surface area (Å²) in [6.07, 6.45) is 6.37. The minimum Gasteiger partial charge on any atom is -0.464 e. The Hall–Kier alpha value is -5.99.